The van der Waals surface area contributed by atoms with Crippen LogP contribution in [0.2, 0.25) is 0 Å². The van der Waals surface area contributed by atoms with Gasteiger partial charge in [-0.2, -0.15) is 0 Å². The summed E-state index contributed by atoms with van der Waals surface area (Å²) in [6, 6.07) is 49.0. The van der Waals surface area contributed by atoms with Crippen LogP contribution in [0.1, 0.15) is 0 Å². The summed E-state index contributed by atoms with van der Waals surface area (Å²) in [5.74, 6) is -0.688. The molecule has 0 saturated carbocycles. The molecule has 2 N–H and O–H groups in total. The molecule has 4 nitrogen and oxygen atoms in total. The van der Waals surface area contributed by atoms with Crippen LogP contribution >= 0.6 is 0 Å². The Morgan fingerprint density at radius 2 is 0.931 bits per heavy atom. The maximum absolute atomic E-state index is 10.7. The second-order valence-electron chi connectivity index (χ2n) is 14.6. The summed E-state index contributed by atoms with van der Waals surface area (Å²) in [7, 11) is 38.3. The molecule has 0 aliphatic rings. The van der Waals surface area contributed by atoms with E-state index in [1.165, 1.54) is 11.5 Å². The lowest BCUT2D eigenvalue weighted by Crippen LogP contribution is -2.44. The van der Waals surface area contributed by atoms with Gasteiger partial charge < -0.3 is 19.3 Å². The van der Waals surface area contributed by atoms with Gasteiger partial charge in [0.15, 0.2) is 0 Å². The van der Waals surface area contributed by atoms with E-state index >= 15 is 0 Å². The molecule has 258 valence electrons. The molecule has 0 saturated heterocycles. The van der Waals surface area contributed by atoms with E-state index in [1.54, 1.807) is 6.07 Å². The molecule has 10 aromatic rings. The topological polar surface area (TPSA) is 50.3 Å². The average molecular weight is 728 g/mol. The van der Waals surface area contributed by atoms with Crippen molar-refractivity contribution in [3.63, 3.8) is 0 Å². The molecular weight excluding hydrogens is 701 g/mol. The van der Waals surface area contributed by atoms with Crippen molar-refractivity contribution in [3.05, 3.63) is 146 Å². The average Bonchev–Trinajstić information content (AvgIpc) is 3.76. The zero-order valence-electron chi connectivity index (χ0n) is 31.1. The van der Waals surface area contributed by atoms with E-state index in [-0.39, 0.29) is 33.1 Å². The molecule has 0 aliphatic carbocycles. The van der Waals surface area contributed by atoms with Gasteiger partial charge in [-0.25, -0.2) is 0 Å². The van der Waals surface area contributed by atoms with Crippen molar-refractivity contribution in [3.8, 4) is 56.3 Å². The Kier molecular flexibility index (Phi) is 8.31. The summed E-state index contributed by atoms with van der Waals surface area (Å²) in [4.78, 5) is 0. The van der Waals surface area contributed by atoms with Crippen LogP contribution < -0.4 is 32.8 Å². The lowest BCUT2D eigenvalue weighted by Gasteiger charge is -2.22. The van der Waals surface area contributed by atoms with Crippen molar-refractivity contribution in [2.75, 3.05) is 0 Å². The van der Waals surface area contributed by atoms with E-state index in [4.69, 9.17) is 47.1 Å². The first-order chi connectivity index (χ1) is 28.1. The fourth-order valence-electron chi connectivity index (χ4n) is 8.50. The number of rotatable bonds is 5. The van der Waals surface area contributed by atoms with Gasteiger partial charge >= 0.3 is 0 Å². The monoisotopic (exact) mass is 728 g/mol. The first kappa shape index (κ1) is 35.7. The molecule has 8 aromatic carbocycles. The molecule has 58 heavy (non-hydrogen) atoms. The molecule has 0 unspecified atom stereocenters. The number of phenolic OH excluding ortho intramolecular Hbond substituents is 2. The molecule has 0 bridgehead atoms. The maximum Gasteiger partial charge on any atom is 0.124 e. The third kappa shape index (κ3) is 5.39. The fraction of sp³-hybridized carbons (Fsp3) is 0. The Hall–Kier alpha value is -6.65. The maximum atomic E-state index is 10.7. The Morgan fingerprint density at radius 1 is 0.379 bits per heavy atom. The van der Waals surface area contributed by atoms with Crippen molar-refractivity contribution in [1.29, 1.82) is 0 Å². The van der Waals surface area contributed by atoms with Crippen molar-refractivity contribution >= 4 is 123 Å². The minimum absolute atomic E-state index is 0.0282. The summed E-state index contributed by atoms with van der Waals surface area (Å²) in [5, 5.41) is 25.8. The van der Waals surface area contributed by atoms with Crippen molar-refractivity contribution in [2.45, 2.75) is 0 Å². The quantitative estimate of drug-likeness (QED) is 0.244. The first-order valence-electron chi connectivity index (χ1n) is 18.7. The van der Waals surface area contributed by atoms with Gasteiger partial charge in [0.05, 0.1) is 27.8 Å². The van der Waals surface area contributed by atoms with Gasteiger partial charge in [-0.3, -0.25) is 0 Å². The molecule has 2 aromatic heterocycles. The van der Waals surface area contributed by atoms with Crippen LogP contribution in [-0.2, 0) is 0 Å². The molecule has 10 rings (SSSR count). The lowest BCUT2D eigenvalue weighted by atomic mass is 9.65. The van der Waals surface area contributed by atoms with Crippen molar-refractivity contribution in [1.82, 2.24) is 9.13 Å². The third-order valence-corrected chi connectivity index (χ3v) is 11.3. The van der Waals surface area contributed by atoms with Gasteiger partial charge in [0.25, 0.3) is 0 Å². The summed E-state index contributed by atoms with van der Waals surface area (Å²) in [6.45, 7) is 0. The van der Waals surface area contributed by atoms with Crippen LogP contribution in [-0.4, -0.2) is 66.4 Å². The second kappa shape index (κ2) is 13.5. The summed E-state index contributed by atoms with van der Waals surface area (Å²) in [6.07, 6.45) is 0. The van der Waals surface area contributed by atoms with Crippen LogP contribution in [0.4, 0.5) is 0 Å². The third-order valence-electron chi connectivity index (χ3n) is 11.3. The largest absolute Gasteiger partial charge is 0.509 e. The van der Waals surface area contributed by atoms with E-state index < -0.39 is 5.75 Å². The number of aromatic hydroxyl groups is 2. The van der Waals surface area contributed by atoms with Crippen LogP contribution in [0.5, 0.6) is 11.5 Å². The van der Waals surface area contributed by atoms with Crippen molar-refractivity contribution in [2.24, 2.45) is 0 Å². The van der Waals surface area contributed by atoms with E-state index in [0.717, 1.165) is 55.0 Å². The minimum atomic E-state index is -0.396. The predicted octanol–water partition coefficient (Wildman–Crippen LogP) is 5.06. The van der Waals surface area contributed by atoms with Crippen LogP contribution in [0, 0.1) is 0 Å². The second-order valence-corrected chi connectivity index (χ2v) is 14.6. The van der Waals surface area contributed by atoms with Gasteiger partial charge in [-0.1, -0.05) is 95.9 Å². The lowest BCUT2D eigenvalue weighted by molar-refractivity contribution is 0.461. The van der Waals surface area contributed by atoms with E-state index in [9.17, 15) is 10.2 Å². The Balaban J connectivity index is 1.22. The molecule has 2 heterocycles. The van der Waals surface area contributed by atoms with E-state index in [0.29, 0.717) is 33.4 Å². The number of para-hydroxylation sites is 3. The predicted molar refractivity (Wildman–Crippen MR) is 247 cm³/mol. The number of aromatic nitrogens is 2. The Bertz CT molecular complexity index is 3340. The molecule has 0 aliphatic heterocycles. The highest BCUT2D eigenvalue weighted by Gasteiger charge is 2.22. The number of benzene rings is 8. The number of hydrogen-bond donors (Lipinski definition) is 2. The first-order valence-corrected chi connectivity index (χ1v) is 18.7. The summed E-state index contributed by atoms with van der Waals surface area (Å²) in [5.41, 5.74) is 11.2. The van der Waals surface area contributed by atoms with E-state index in [1.807, 2.05) is 36.4 Å². The molecular formula is C48H26B6N2O2. The highest BCUT2D eigenvalue weighted by molar-refractivity contribution is 6.61. The molecule has 0 spiro atoms. The van der Waals surface area contributed by atoms with Gasteiger partial charge in [-0.05, 0) is 99.4 Å². The van der Waals surface area contributed by atoms with Crippen LogP contribution in [0.3, 0.4) is 0 Å². The molecule has 12 radical (unpaired) electrons. The molecule has 0 fully saturated rings. The highest BCUT2D eigenvalue weighted by Crippen LogP contribution is 2.40. The number of phenols is 2. The molecule has 10 heteroatoms. The number of hydrogen-bond acceptors (Lipinski definition) is 2. The summed E-state index contributed by atoms with van der Waals surface area (Å²) < 4.78 is 4.47. The molecule has 0 atom stereocenters. The standard InChI is InChI=1S/C48H26B6N2O2/c49-35-24-36(50)45(52)47(54)43(35)31-17-14-27(32-23-42(57)46(53)48(58)44(32)51)22-41(31)56-38-13-7-5-11-30(38)34-21-26(16-19-40(34)56)25-15-18-39-33(20-25)29-10-4-6-12-37(29)55(39)28-8-2-1-3-9-28/h1-24,57-58H. The van der Waals surface area contributed by atoms with Gasteiger partial charge in [-0.15, -0.1) is 10.9 Å². The zero-order chi connectivity index (χ0) is 40.0. The minimum Gasteiger partial charge on any atom is -0.509 e. The zero-order valence-corrected chi connectivity index (χ0v) is 31.1. The SMILES string of the molecule is [B]c1cc([B])c(-c2ccc(-c3cc(O)c([B])c(O)c3[B])cc2-n2c3ccccc3c3cc(-c4ccc5c(c4)c4ccccc4n5-c4ccccc4)ccc32)c([B])c1[B]. The van der Waals surface area contributed by atoms with E-state index in [2.05, 4.69) is 106 Å². The fourth-order valence-corrected chi connectivity index (χ4v) is 8.50. The van der Waals surface area contributed by atoms with Gasteiger partial charge in [0, 0.05) is 32.8 Å². The Labute approximate surface area is 343 Å². The Morgan fingerprint density at radius 3 is 1.59 bits per heavy atom. The van der Waals surface area contributed by atoms with Crippen molar-refractivity contribution < 1.29 is 10.2 Å². The van der Waals surface area contributed by atoms with Crippen LogP contribution in [0.25, 0.3) is 88.4 Å². The van der Waals surface area contributed by atoms with Crippen LogP contribution in [0.15, 0.2) is 146 Å². The smallest absolute Gasteiger partial charge is 0.124 e. The molecule has 0 amide bonds. The summed E-state index contributed by atoms with van der Waals surface area (Å²) >= 11 is 0. The van der Waals surface area contributed by atoms with Gasteiger partial charge in [0.1, 0.15) is 58.6 Å². The number of fused-ring (bicyclic) bond motifs is 6. The normalized spacial score (nSPS) is 11.7. The number of nitrogens with zero attached hydrogens (tertiary/aromatic N) is 2. The van der Waals surface area contributed by atoms with Gasteiger partial charge in [0.2, 0.25) is 0 Å². The highest BCUT2D eigenvalue weighted by atomic mass is 16.3.